The van der Waals surface area contributed by atoms with Crippen molar-refractivity contribution in [3.63, 3.8) is 0 Å². The van der Waals surface area contributed by atoms with Gasteiger partial charge >= 0.3 is 0 Å². The summed E-state index contributed by atoms with van der Waals surface area (Å²) in [5.41, 5.74) is 0. The van der Waals surface area contributed by atoms with Crippen LogP contribution in [0.5, 0.6) is 0 Å². The predicted octanol–water partition coefficient (Wildman–Crippen LogP) is 0.317. The first-order valence-electron chi connectivity index (χ1n) is 5.39. The highest BCUT2D eigenvalue weighted by molar-refractivity contribution is 4.78. The van der Waals surface area contributed by atoms with Crippen LogP contribution >= 0.6 is 0 Å². The fourth-order valence-electron chi connectivity index (χ4n) is 2.17. The maximum absolute atomic E-state index is 5.19. The Balaban J connectivity index is 1.70. The van der Waals surface area contributed by atoms with Crippen molar-refractivity contribution in [2.24, 2.45) is 5.92 Å². The molecule has 1 unspecified atom stereocenters. The van der Waals surface area contributed by atoms with Gasteiger partial charge < -0.3 is 10.1 Å². The molecule has 1 N–H and O–H groups in total. The van der Waals surface area contributed by atoms with Gasteiger partial charge in [0, 0.05) is 38.1 Å². The Morgan fingerprint density at radius 1 is 1.38 bits per heavy atom. The Hall–Kier alpha value is -0.120. The van der Waals surface area contributed by atoms with Crippen LogP contribution in [0.25, 0.3) is 0 Å². The Morgan fingerprint density at radius 2 is 2.08 bits per heavy atom. The second-order valence-electron chi connectivity index (χ2n) is 4.27. The number of rotatable bonds is 3. The topological polar surface area (TPSA) is 24.5 Å². The van der Waals surface area contributed by atoms with E-state index in [0.717, 1.165) is 38.3 Å². The van der Waals surface area contributed by atoms with Crippen LogP contribution in [0.15, 0.2) is 0 Å². The highest BCUT2D eigenvalue weighted by Crippen LogP contribution is 2.19. The van der Waals surface area contributed by atoms with Crippen molar-refractivity contribution in [1.82, 2.24) is 10.2 Å². The van der Waals surface area contributed by atoms with Gasteiger partial charge in [0.1, 0.15) is 0 Å². The van der Waals surface area contributed by atoms with Gasteiger partial charge in [0.25, 0.3) is 0 Å². The zero-order valence-electron chi connectivity index (χ0n) is 8.46. The maximum Gasteiger partial charge on any atom is 0.0517 e. The van der Waals surface area contributed by atoms with Gasteiger partial charge in [-0.2, -0.15) is 0 Å². The normalized spacial score (nSPS) is 28.4. The van der Waals surface area contributed by atoms with Crippen LogP contribution in [-0.4, -0.2) is 50.3 Å². The molecule has 0 aliphatic carbocycles. The van der Waals surface area contributed by atoms with Crippen molar-refractivity contribution >= 4 is 0 Å². The largest absolute Gasteiger partial charge is 0.381 e. The van der Waals surface area contributed by atoms with Gasteiger partial charge in [-0.1, -0.05) is 0 Å². The van der Waals surface area contributed by atoms with E-state index in [9.17, 15) is 0 Å². The third kappa shape index (κ3) is 2.42. The molecule has 0 radical (unpaired) electrons. The molecule has 2 aliphatic heterocycles. The molecule has 3 heteroatoms. The molecule has 0 spiro atoms. The molecule has 13 heavy (non-hydrogen) atoms. The molecule has 1 atom stereocenters. The third-order valence-corrected chi connectivity index (χ3v) is 3.16. The molecular formula is C10H20N2O. The molecule has 0 saturated carbocycles. The van der Waals surface area contributed by atoms with E-state index in [1.807, 2.05) is 0 Å². The lowest BCUT2D eigenvalue weighted by Gasteiger charge is -2.36. The van der Waals surface area contributed by atoms with Crippen molar-refractivity contribution in [3.8, 4) is 0 Å². The average Bonchev–Trinajstić information content (AvgIpc) is 2.12. The number of hydrogen-bond acceptors (Lipinski definition) is 3. The minimum atomic E-state index is 0.746. The number of hydrogen-bond donors (Lipinski definition) is 1. The van der Waals surface area contributed by atoms with Crippen LogP contribution in [0.4, 0.5) is 0 Å². The fourth-order valence-corrected chi connectivity index (χ4v) is 2.17. The average molecular weight is 184 g/mol. The summed E-state index contributed by atoms with van der Waals surface area (Å²) in [7, 11) is 0. The van der Waals surface area contributed by atoms with Crippen molar-refractivity contribution in [1.29, 1.82) is 0 Å². The molecule has 76 valence electrons. The van der Waals surface area contributed by atoms with Gasteiger partial charge in [-0.25, -0.2) is 0 Å². The fraction of sp³-hybridized carbons (Fsp3) is 1.00. The van der Waals surface area contributed by atoms with Crippen molar-refractivity contribution in [3.05, 3.63) is 0 Å². The highest BCUT2D eigenvalue weighted by Gasteiger charge is 2.24. The zero-order chi connectivity index (χ0) is 9.10. The molecule has 0 amide bonds. The van der Waals surface area contributed by atoms with Crippen LogP contribution in [0, 0.1) is 5.92 Å². The monoisotopic (exact) mass is 184 g/mol. The van der Waals surface area contributed by atoms with E-state index in [-0.39, 0.29) is 0 Å². The van der Waals surface area contributed by atoms with E-state index in [2.05, 4.69) is 17.1 Å². The number of ether oxygens (including phenoxy) is 1. The molecule has 2 heterocycles. The first kappa shape index (κ1) is 9.44. The quantitative estimate of drug-likeness (QED) is 0.683. The van der Waals surface area contributed by atoms with Gasteiger partial charge in [-0.05, 0) is 13.3 Å². The Kier molecular flexibility index (Phi) is 3.19. The summed E-state index contributed by atoms with van der Waals surface area (Å²) in [6, 6.07) is 0.746. The Bertz CT molecular complexity index is 153. The van der Waals surface area contributed by atoms with Crippen molar-refractivity contribution in [2.75, 3.05) is 39.4 Å². The van der Waals surface area contributed by atoms with Crippen LogP contribution in [0.3, 0.4) is 0 Å². The minimum Gasteiger partial charge on any atom is -0.381 e. The third-order valence-electron chi connectivity index (χ3n) is 3.16. The van der Waals surface area contributed by atoms with E-state index >= 15 is 0 Å². The molecule has 2 fully saturated rings. The summed E-state index contributed by atoms with van der Waals surface area (Å²) in [5, 5.41) is 3.38. The van der Waals surface area contributed by atoms with Crippen LogP contribution in [-0.2, 0) is 4.74 Å². The van der Waals surface area contributed by atoms with Gasteiger partial charge in [0.2, 0.25) is 0 Å². The van der Waals surface area contributed by atoms with Crippen LogP contribution in [0.2, 0.25) is 0 Å². The van der Waals surface area contributed by atoms with Crippen molar-refractivity contribution in [2.45, 2.75) is 19.4 Å². The van der Waals surface area contributed by atoms with Gasteiger partial charge in [-0.3, -0.25) is 4.90 Å². The second kappa shape index (κ2) is 4.40. The lowest BCUT2D eigenvalue weighted by molar-refractivity contribution is -0.0463. The molecule has 2 aliphatic rings. The smallest absolute Gasteiger partial charge is 0.0517 e. The Morgan fingerprint density at radius 3 is 2.62 bits per heavy atom. The SMILES string of the molecule is CC(CC1COC1)N1CCNCC1. The van der Waals surface area contributed by atoms with Crippen molar-refractivity contribution < 1.29 is 4.74 Å². The molecule has 0 bridgehead atoms. The predicted molar refractivity (Wildman–Crippen MR) is 52.8 cm³/mol. The van der Waals surface area contributed by atoms with E-state index in [1.54, 1.807) is 0 Å². The first-order valence-corrected chi connectivity index (χ1v) is 5.39. The van der Waals surface area contributed by atoms with Gasteiger partial charge in [0.05, 0.1) is 13.2 Å². The summed E-state index contributed by atoms with van der Waals surface area (Å²) in [6.07, 6.45) is 1.32. The van der Waals surface area contributed by atoms with E-state index < -0.39 is 0 Å². The minimum absolute atomic E-state index is 0.746. The summed E-state index contributed by atoms with van der Waals surface area (Å²) < 4.78 is 5.19. The lowest BCUT2D eigenvalue weighted by Crippen LogP contribution is -2.48. The summed E-state index contributed by atoms with van der Waals surface area (Å²) >= 11 is 0. The molecule has 0 aromatic heterocycles. The zero-order valence-corrected chi connectivity index (χ0v) is 8.46. The van der Waals surface area contributed by atoms with Crippen LogP contribution < -0.4 is 5.32 Å². The molecule has 0 aromatic rings. The summed E-state index contributed by atoms with van der Waals surface area (Å²) in [4.78, 5) is 2.59. The first-order chi connectivity index (χ1) is 6.36. The van der Waals surface area contributed by atoms with E-state index in [0.29, 0.717) is 0 Å². The second-order valence-corrected chi connectivity index (χ2v) is 4.27. The van der Waals surface area contributed by atoms with Gasteiger partial charge in [0.15, 0.2) is 0 Å². The van der Waals surface area contributed by atoms with Gasteiger partial charge in [-0.15, -0.1) is 0 Å². The lowest BCUT2D eigenvalue weighted by atomic mass is 9.98. The summed E-state index contributed by atoms with van der Waals surface area (Å²) in [5.74, 6) is 0.838. The Labute approximate surface area is 80.4 Å². The number of piperazine rings is 1. The molecule has 2 rings (SSSR count). The standard InChI is InChI=1S/C10H20N2O/c1-9(6-10-7-13-8-10)12-4-2-11-3-5-12/h9-11H,2-8H2,1H3. The van der Waals surface area contributed by atoms with Crippen LogP contribution in [0.1, 0.15) is 13.3 Å². The highest BCUT2D eigenvalue weighted by atomic mass is 16.5. The number of nitrogens with one attached hydrogen (secondary N) is 1. The summed E-state index contributed by atoms with van der Waals surface area (Å²) in [6.45, 7) is 9.09. The molecular weight excluding hydrogens is 164 g/mol. The van der Waals surface area contributed by atoms with E-state index in [1.165, 1.54) is 19.5 Å². The molecule has 2 saturated heterocycles. The maximum atomic E-state index is 5.19. The van der Waals surface area contributed by atoms with E-state index in [4.69, 9.17) is 4.74 Å². The molecule has 3 nitrogen and oxygen atoms in total. The number of nitrogens with zero attached hydrogens (tertiary/aromatic N) is 1. The molecule has 0 aromatic carbocycles.